The van der Waals surface area contributed by atoms with Crippen LogP contribution in [0.5, 0.6) is 11.6 Å². The molecule has 0 spiro atoms. The quantitative estimate of drug-likeness (QED) is 0.797. The normalized spacial score (nSPS) is 11.0. The van der Waals surface area contributed by atoms with Gasteiger partial charge in [0.2, 0.25) is 5.65 Å². The van der Waals surface area contributed by atoms with E-state index in [0.717, 1.165) is 29.5 Å². The summed E-state index contributed by atoms with van der Waals surface area (Å²) in [6.45, 7) is 6.69. The van der Waals surface area contributed by atoms with E-state index in [1.807, 2.05) is 44.6 Å². The van der Waals surface area contributed by atoms with Crippen molar-refractivity contribution in [2.75, 3.05) is 11.9 Å². The highest BCUT2D eigenvalue weighted by atomic mass is 16.5. The molecule has 7 heteroatoms. The Morgan fingerprint density at radius 3 is 2.81 bits per heavy atom. The summed E-state index contributed by atoms with van der Waals surface area (Å²) in [4.78, 5) is 8.80. The molecule has 0 saturated carbocycles. The van der Waals surface area contributed by atoms with Crippen LogP contribution >= 0.6 is 0 Å². The van der Waals surface area contributed by atoms with Crippen molar-refractivity contribution in [1.29, 1.82) is 0 Å². The van der Waals surface area contributed by atoms with Crippen molar-refractivity contribution in [3.05, 3.63) is 30.0 Å². The number of ether oxygens (including phenoxy) is 1. The standard InChI is InChI=1S/C14H18N6O/c1-5-15-11-8-20-7-6-16-13(20)14(17-11)21-12-9(2)18-19(4)10(12)3/h6-8,15H,5H2,1-4H3. The largest absolute Gasteiger partial charge is 0.432 e. The van der Waals surface area contributed by atoms with Gasteiger partial charge in [-0.1, -0.05) is 0 Å². The number of hydrogen-bond acceptors (Lipinski definition) is 5. The number of fused-ring (bicyclic) bond motifs is 1. The second kappa shape index (κ2) is 5.08. The molecular formula is C14H18N6O. The number of nitrogens with one attached hydrogen (secondary N) is 1. The third kappa shape index (κ3) is 2.31. The molecule has 0 unspecified atom stereocenters. The Hall–Kier alpha value is -2.57. The Labute approximate surface area is 122 Å². The first-order chi connectivity index (χ1) is 10.1. The van der Waals surface area contributed by atoms with Gasteiger partial charge in [0.15, 0.2) is 5.75 Å². The Balaban J connectivity index is 2.08. The zero-order valence-corrected chi connectivity index (χ0v) is 12.6. The number of aryl methyl sites for hydroxylation is 2. The lowest BCUT2D eigenvalue weighted by molar-refractivity contribution is 0.458. The zero-order valence-electron chi connectivity index (χ0n) is 12.6. The van der Waals surface area contributed by atoms with Crippen LogP contribution in [-0.2, 0) is 7.05 Å². The van der Waals surface area contributed by atoms with Crippen LogP contribution in [0.15, 0.2) is 18.6 Å². The average Bonchev–Trinajstić information content (AvgIpc) is 3.00. The van der Waals surface area contributed by atoms with E-state index < -0.39 is 0 Å². The third-order valence-electron chi connectivity index (χ3n) is 3.34. The summed E-state index contributed by atoms with van der Waals surface area (Å²) in [5.74, 6) is 1.94. The maximum absolute atomic E-state index is 6.00. The molecule has 0 aromatic carbocycles. The fourth-order valence-electron chi connectivity index (χ4n) is 2.24. The van der Waals surface area contributed by atoms with Crippen LogP contribution in [0.3, 0.4) is 0 Å². The van der Waals surface area contributed by atoms with Gasteiger partial charge in [-0.3, -0.25) is 9.08 Å². The van der Waals surface area contributed by atoms with Gasteiger partial charge in [0.1, 0.15) is 11.5 Å². The Morgan fingerprint density at radius 1 is 1.33 bits per heavy atom. The van der Waals surface area contributed by atoms with Gasteiger partial charge in [-0.15, -0.1) is 0 Å². The van der Waals surface area contributed by atoms with E-state index in [-0.39, 0.29) is 0 Å². The molecule has 3 heterocycles. The highest BCUT2D eigenvalue weighted by Gasteiger charge is 2.16. The topological polar surface area (TPSA) is 69.3 Å². The Kier molecular flexibility index (Phi) is 3.25. The van der Waals surface area contributed by atoms with E-state index in [1.54, 1.807) is 10.9 Å². The van der Waals surface area contributed by atoms with Gasteiger partial charge in [0, 0.05) is 26.0 Å². The summed E-state index contributed by atoms with van der Waals surface area (Å²) >= 11 is 0. The molecule has 0 aliphatic rings. The maximum atomic E-state index is 6.00. The van der Waals surface area contributed by atoms with Crippen molar-refractivity contribution in [2.24, 2.45) is 7.05 Å². The fourth-order valence-corrected chi connectivity index (χ4v) is 2.24. The van der Waals surface area contributed by atoms with Crippen LogP contribution in [0.2, 0.25) is 0 Å². The number of imidazole rings is 1. The van der Waals surface area contributed by atoms with Crippen molar-refractivity contribution >= 4 is 11.5 Å². The molecular weight excluding hydrogens is 268 g/mol. The first-order valence-electron chi connectivity index (χ1n) is 6.85. The molecule has 3 aromatic rings. The second-order valence-corrected chi connectivity index (χ2v) is 4.85. The van der Waals surface area contributed by atoms with Crippen LogP contribution in [0.1, 0.15) is 18.3 Å². The molecule has 0 fully saturated rings. The summed E-state index contributed by atoms with van der Waals surface area (Å²) in [5, 5.41) is 7.54. The highest BCUT2D eigenvalue weighted by Crippen LogP contribution is 2.29. The summed E-state index contributed by atoms with van der Waals surface area (Å²) < 4.78 is 9.69. The van der Waals surface area contributed by atoms with Crippen LogP contribution in [0, 0.1) is 13.8 Å². The molecule has 0 saturated heterocycles. The molecule has 0 bridgehead atoms. The molecule has 3 rings (SSSR count). The molecule has 0 aliphatic carbocycles. The third-order valence-corrected chi connectivity index (χ3v) is 3.34. The van der Waals surface area contributed by atoms with Gasteiger partial charge in [-0.2, -0.15) is 10.1 Å². The zero-order chi connectivity index (χ0) is 15.0. The monoisotopic (exact) mass is 286 g/mol. The lowest BCUT2D eigenvalue weighted by Gasteiger charge is -2.09. The van der Waals surface area contributed by atoms with Gasteiger partial charge in [0.05, 0.1) is 11.9 Å². The maximum Gasteiger partial charge on any atom is 0.265 e. The molecule has 1 N–H and O–H groups in total. The van der Waals surface area contributed by atoms with Crippen molar-refractivity contribution in [3.63, 3.8) is 0 Å². The van der Waals surface area contributed by atoms with Crippen molar-refractivity contribution in [1.82, 2.24) is 24.1 Å². The lowest BCUT2D eigenvalue weighted by atomic mass is 10.3. The molecule has 3 aromatic heterocycles. The first kappa shape index (κ1) is 13.4. The van der Waals surface area contributed by atoms with Crippen LogP contribution in [-0.4, -0.2) is 30.7 Å². The highest BCUT2D eigenvalue weighted by molar-refractivity contribution is 5.55. The van der Waals surface area contributed by atoms with Gasteiger partial charge in [-0.05, 0) is 20.8 Å². The smallest absolute Gasteiger partial charge is 0.265 e. The lowest BCUT2D eigenvalue weighted by Crippen LogP contribution is -2.03. The number of anilines is 1. The van der Waals surface area contributed by atoms with Crippen LogP contribution in [0.25, 0.3) is 5.65 Å². The summed E-state index contributed by atoms with van der Waals surface area (Å²) in [6.07, 6.45) is 5.48. The summed E-state index contributed by atoms with van der Waals surface area (Å²) in [7, 11) is 1.89. The van der Waals surface area contributed by atoms with E-state index in [4.69, 9.17) is 4.74 Å². The molecule has 110 valence electrons. The predicted molar refractivity (Wildman–Crippen MR) is 79.9 cm³/mol. The predicted octanol–water partition coefficient (Wildman–Crippen LogP) is 2.30. The second-order valence-electron chi connectivity index (χ2n) is 4.85. The fraction of sp³-hybridized carbons (Fsp3) is 0.357. The minimum absolute atomic E-state index is 0.470. The molecule has 7 nitrogen and oxygen atoms in total. The van der Waals surface area contributed by atoms with E-state index >= 15 is 0 Å². The Bertz CT molecular complexity index is 788. The van der Waals surface area contributed by atoms with Gasteiger partial charge in [-0.25, -0.2) is 4.98 Å². The van der Waals surface area contributed by atoms with Gasteiger partial charge < -0.3 is 10.1 Å². The van der Waals surface area contributed by atoms with Gasteiger partial charge in [0.25, 0.3) is 5.88 Å². The van der Waals surface area contributed by atoms with Crippen LogP contribution < -0.4 is 10.1 Å². The van der Waals surface area contributed by atoms with Crippen molar-refractivity contribution in [3.8, 4) is 11.6 Å². The number of hydrogen-bond donors (Lipinski definition) is 1. The van der Waals surface area contributed by atoms with Crippen molar-refractivity contribution in [2.45, 2.75) is 20.8 Å². The molecule has 0 atom stereocenters. The minimum Gasteiger partial charge on any atom is -0.432 e. The van der Waals surface area contributed by atoms with Crippen molar-refractivity contribution < 1.29 is 4.74 Å². The number of aromatic nitrogens is 5. The number of nitrogens with zero attached hydrogens (tertiary/aromatic N) is 5. The summed E-state index contributed by atoms with van der Waals surface area (Å²) in [6, 6.07) is 0. The molecule has 0 radical (unpaired) electrons. The minimum atomic E-state index is 0.470. The van der Waals surface area contributed by atoms with E-state index in [1.165, 1.54) is 0 Å². The van der Waals surface area contributed by atoms with Gasteiger partial charge >= 0.3 is 0 Å². The molecule has 0 amide bonds. The molecule has 0 aliphatic heterocycles. The number of rotatable bonds is 4. The summed E-state index contributed by atoms with van der Waals surface area (Å²) in [5.41, 5.74) is 2.46. The SMILES string of the molecule is CCNc1cn2ccnc2c(Oc2c(C)nn(C)c2C)n1. The Morgan fingerprint density at radius 2 is 2.14 bits per heavy atom. The van der Waals surface area contributed by atoms with E-state index in [0.29, 0.717) is 11.5 Å². The van der Waals surface area contributed by atoms with Crippen LogP contribution in [0.4, 0.5) is 5.82 Å². The van der Waals surface area contributed by atoms with E-state index in [2.05, 4.69) is 20.4 Å². The average molecular weight is 286 g/mol. The molecule has 21 heavy (non-hydrogen) atoms. The first-order valence-corrected chi connectivity index (χ1v) is 6.85. The van der Waals surface area contributed by atoms with E-state index in [9.17, 15) is 0 Å².